The van der Waals surface area contributed by atoms with Crippen LogP contribution in [0.5, 0.6) is 5.88 Å². The highest BCUT2D eigenvalue weighted by Crippen LogP contribution is 2.41. The Bertz CT molecular complexity index is 1160. The molecule has 0 unspecified atom stereocenters. The van der Waals surface area contributed by atoms with E-state index in [1.54, 1.807) is 13.1 Å². The van der Waals surface area contributed by atoms with Crippen LogP contribution in [0.1, 0.15) is 5.56 Å². The minimum Gasteiger partial charge on any atom is -0.354 e. The predicted molar refractivity (Wildman–Crippen MR) is 87.1 cm³/mol. The van der Waals surface area contributed by atoms with E-state index in [9.17, 15) is 26.9 Å². The molecular formula is C13H6ClF3N4O3S2. The zero-order valence-corrected chi connectivity index (χ0v) is 15.0. The lowest BCUT2D eigenvalue weighted by Gasteiger charge is -2.09. The van der Waals surface area contributed by atoms with Gasteiger partial charge in [0.1, 0.15) is 15.9 Å². The first-order valence-corrected chi connectivity index (χ1v) is 9.17. The number of halogens is 4. The van der Waals surface area contributed by atoms with Crippen molar-refractivity contribution >= 4 is 43.3 Å². The molecule has 3 rings (SSSR count). The van der Waals surface area contributed by atoms with Crippen LogP contribution in [0, 0.1) is 11.3 Å². The van der Waals surface area contributed by atoms with Crippen LogP contribution in [0.3, 0.4) is 0 Å². The Kier molecular flexibility index (Phi) is 4.33. The van der Waals surface area contributed by atoms with Crippen LogP contribution >= 0.6 is 22.9 Å². The Hall–Kier alpha value is -2.36. The fourth-order valence-corrected chi connectivity index (χ4v) is 3.90. The maximum absolute atomic E-state index is 12.5. The number of nitriles is 1. The molecule has 0 radical (unpaired) electrons. The lowest BCUT2D eigenvalue weighted by molar-refractivity contribution is -0.0501. The average molecular weight is 423 g/mol. The van der Waals surface area contributed by atoms with Crippen molar-refractivity contribution in [1.29, 1.82) is 5.26 Å². The van der Waals surface area contributed by atoms with E-state index in [0.29, 0.717) is 10.6 Å². The first-order chi connectivity index (χ1) is 12.0. The molecule has 0 aliphatic rings. The van der Waals surface area contributed by atoms with Crippen molar-refractivity contribution in [1.82, 2.24) is 14.8 Å². The molecule has 0 amide bonds. The number of fused-ring (bicyclic) bond motifs is 1. The lowest BCUT2D eigenvalue weighted by Crippen LogP contribution is -2.28. The summed E-state index contributed by atoms with van der Waals surface area (Å²) < 4.78 is 65.3. The van der Waals surface area contributed by atoms with Crippen molar-refractivity contribution in [3.05, 3.63) is 28.9 Å². The van der Waals surface area contributed by atoms with Gasteiger partial charge < -0.3 is 4.18 Å². The van der Waals surface area contributed by atoms with Crippen LogP contribution < -0.4 is 4.18 Å². The second-order valence-corrected chi connectivity index (χ2v) is 7.81. The van der Waals surface area contributed by atoms with Gasteiger partial charge in [-0.1, -0.05) is 11.6 Å². The second kappa shape index (κ2) is 6.11. The second-order valence-electron chi connectivity index (χ2n) is 4.87. The third-order valence-electron chi connectivity index (χ3n) is 3.24. The van der Waals surface area contributed by atoms with Crippen molar-refractivity contribution in [2.75, 3.05) is 0 Å². The quantitative estimate of drug-likeness (QED) is 0.473. The molecule has 7 nitrogen and oxygen atoms in total. The molecule has 13 heteroatoms. The van der Waals surface area contributed by atoms with Crippen LogP contribution in [0.2, 0.25) is 5.02 Å². The monoisotopic (exact) mass is 422 g/mol. The van der Waals surface area contributed by atoms with Gasteiger partial charge in [0.15, 0.2) is 0 Å². The predicted octanol–water partition coefficient (Wildman–Crippen LogP) is 3.45. The average Bonchev–Trinajstić information content (AvgIpc) is 3.09. The minimum atomic E-state index is -5.92. The number of alkyl halides is 3. The number of hydrogen-bond acceptors (Lipinski definition) is 7. The van der Waals surface area contributed by atoms with Crippen molar-refractivity contribution in [2.45, 2.75) is 5.51 Å². The highest BCUT2D eigenvalue weighted by atomic mass is 35.5. The van der Waals surface area contributed by atoms with Crippen LogP contribution in [0.15, 0.2) is 18.3 Å². The van der Waals surface area contributed by atoms with E-state index in [1.807, 2.05) is 6.07 Å². The molecule has 136 valence electrons. The topological polar surface area (TPSA) is 97.9 Å². The summed E-state index contributed by atoms with van der Waals surface area (Å²) in [6.45, 7) is 0. The van der Waals surface area contributed by atoms with Crippen molar-refractivity contribution in [2.24, 2.45) is 7.05 Å². The number of rotatable bonds is 3. The van der Waals surface area contributed by atoms with Crippen LogP contribution in [-0.4, -0.2) is 28.7 Å². The van der Waals surface area contributed by atoms with E-state index in [4.69, 9.17) is 11.6 Å². The number of thiophene rings is 1. The summed E-state index contributed by atoms with van der Waals surface area (Å²) in [4.78, 5) is 4.30. The van der Waals surface area contributed by atoms with Crippen molar-refractivity contribution < 1.29 is 25.8 Å². The summed E-state index contributed by atoms with van der Waals surface area (Å²) in [5.74, 6) is -0.918. The molecule has 0 aromatic carbocycles. The normalized spacial score (nSPS) is 12.3. The van der Waals surface area contributed by atoms with Gasteiger partial charge >= 0.3 is 15.6 Å². The van der Waals surface area contributed by atoms with Gasteiger partial charge in [0.05, 0.1) is 16.1 Å². The molecule has 3 heterocycles. The number of pyridine rings is 1. The highest BCUT2D eigenvalue weighted by molar-refractivity contribution is 7.88. The third-order valence-corrected chi connectivity index (χ3v) is 5.58. The first kappa shape index (κ1) is 18.4. The van der Waals surface area contributed by atoms with Gasteiger partial charge in [-0.05, 0) is 12.1 Å². The third kappa shape index (κ3) is 2.98. The fraction of sp³-hybridized carbons (Fsp3) is 0.154. The molecule has 3 aromatic heterocycles. The van der Waals surface area contributed by atoms with Gasteiger partial charge in [0, 0.05) is 18.6 Å². The minimum absolute atomic E-state index is 0.0922. The number of aryl methyl sites for hydroxylation is 1. The zero-order chi connectivity index (χ0) is 19.3. The summed E-state index contributed by atoms with van der Waals surface area (Å²) >= 11 is 6.78. The first-order valence-electron chi connectivity index (χ1n) is 6.57. The Morgan fingerprint density at radius 3 is 2.65 bits per heavy atom. The van der Waals surface area contributed by atoms with Gasteiger partial charge in [-0.15, -0.1) is 11.3 Å². The van der Waals surface area contributed by atoms with Crippen LogP contribution in [0.4, 0.5) is 13.2 Å². The van der Waals surface area contributed by atoms with Gasteiger partial charge in [0.2, 0.25) is 0 Å². The summed E-state index contributed by atoms with van der Waals surface area (Å²) in [5, 5.41) is 13.2. The maximum atomic E-state index is 12.5. The molecule has 0 saturated carbocycles. The molecule has 3 aromatic rings. The Balaban J connectivity index is 2.19. The molecule has 0 saturated heterocycles. The molecule has 0 aliphatic heterocycles. The van der Waals surface area contributed by atoms with Crippen LogP contribution in [0.25, 0.3) is 20.8 Å². The Morgan fingerprint density at radius 1 is 1.42 bits per heavy atom. The van der Waals surface area contributed by atoms with E-state index in [2.05, 4.69) is 14.3 Å². The fourth-order valence-electron chi connectivity index (χ4n) is 2.08. The van der Waals surface area contributed by atoms with Gasteiger partial charge in [-0.25, -0.2) is 0 Å². The summed E-state index contributed by atoms with van der Waals surface area (Å²) in [6.07, 6.45) is 1.51. The van der Waals surface area contributed by atoms with E-state index < -0.39 is 26.5 Å². The molecule has 0 spiro atoms. The van der Waals surface area contributed by atoms with E-state index in [1.165, 1.54) is 10.9 Å². The molecule has 26 heavy (non-hydrogen) atoms. The number of aromatic nitrogens is 3. The molecule has 0 fully saturated rings. The Morgan fingerprint density at radius 2 is 2.12 bits per heavy atom. The number of hydrogen-bond donors (Lipinski definition) is 0. The SMILES string of the molecule is Cn1nccc1-c1sc2nc(OS(=O)(=O)C(F)(F)F)c(Cl)cc2c1C#N. The molecule has 0 N–H and O–H groups in total. The van der Waals surface area contributed by atoms with E-state index >= 15 is 0 Å². The number of nitrogens with zero attached hydrogens (tertiary/aromatic N) is 4. The lowest BCUT2D eigenvalue weighted by atomic mass is 10.1. The molecular weight excluding hydrogens is 417 g/mol. The van der Waals surface area contributed by atoms with Gasteiger partial charge in [0.25, 0.3) is 5.88 Å². The smallest absolute Gasteiger partial charge is 0.354 e. The largest absolute Gasteiger partial charge is 0.534 e. The molecule has 0 bridgehead atoms. The molecule has 0 aliphatic carbocycles. The van der Waals surface area contributed by atoms with Gasteiger partial charge in [-0.3, -0.25) is 4.68 Å². The summed E-state index contributed by atoms with van der Waals surface area (Å²) in [7, 11) is -4.28. The maximum Gasteiger partial charge on any atom is 0.534 e. The summed E-state index contributed by atoms with van der Waals surface area (Å²) in [5.41, 5.74) is -4.86. The Labute approximate surface area is 153 Å². The van der Waals surface area contributed by atoms with Crippen LogP contribution in [-0.2, 0) is 17.2 Å². The summed E-state index contributed by atoms with van der Waals surface area (Å²) in [6, 6.07) is 4.76. The highest BCUT2D eigenvalue weighted by Gasteiger charge is 2.49. The van der Waals surface area contributed by atoms with Gasteiger partial charge in [-0.2, -0.15) is 36.9 Å². The standard InChI is InChI=1S/C13H6ClF3N4O3S2/c1-21-9(2-3-19-21)10-7(5-18)6-4-8(14)11(20-12(6)25-10)24-26(22,23)13(15,16)17/h2-4H,1H3. The van der Waals surface area contributed by atoms with E-state index in [0.717, 1.165) is 17.4 Å². The molecule has 0 atom stereocenters. The zero-order valence-electron chi connectivity index (χ0n) is 12.6. The van der Waals surface area contributed by atoms with E-state index in [-0.39, 0.29) is 15.8 Å². The van der Waals surface area contributed by atoms with Crippen molar-refractivity contribution in [3.63, 3.8) is 0 Å². The van der Waals surface area contributed by atoms with Crippen molar-refractivity contribution in [3.8, 4) is 22.5 Å².